The maximum absolute atomic E-state index is 12.1. The molecule has 0 saturated heterocycles. The highest BCUT2D eigenvalue weighted by atomic mass is 35.5. The third-order valence-corrected chi connectivity index (χ3v) is 4.40. The summed E-state index contributed by atoms with van der Waals surface area (Å²) in [5, 5.41) is 4.19. The molecular weight excluding hydrogens is 288 g/mol. The maximum atomic E-state index is 12.1. The van der Waals surface area contributed by atoms with Gasteiger partial charge >= 0.3 is 0 Å². The fourth-order valence-corrected chi connectivity index (χ4v) is 2.78. The number of sulfonamides is 1. The van der Waals surface area contributed by atoms with E-state index in [0.717, 1.165) is 11.3 Å². The zero-order chi connectivity index (χ0) is 14.0. The van der Waals surface area contributed by atoms with E-state index in [-0.39, 0.29) is 16.6 Å². The second-order valence-electron chi connectivity index (χ2n) is 4.02. The van der Waals surface area contributed by atoms with Gasteiger partial charge in [-0.3, -0.25) is 4.68 Å². The summed E-state index contributed by atoms with van der Waals surface area (Å²) in [5.74, 6) is 0. The SMILES string of the molecule is Cc1c(CNS(=O)(=O)c2ccnc(Cl)c2)cnn1C. The summed E-state index contributed by atoms with van der Waals surface area (Å²) in [6, 6.07) is 2.70. The number of hydrogen-bond donors (Lipinski definition) is 1. The molecule has 8 heteroatoms. The van der Waals surface area contributed by atoms with Crippen molar-refractivity contribution in [1.29, 1.82) is 0 Å². The minimum atomic E-state index is -3.60. The first kappa shape index (κ1) is 14.0. The molecule has 0 amide bonds. The molecule has 102 valence electrons. The van der Waals surface area contributed by atoms with E-state index in [2.05, 4.69) is 14.8 Å². The first-order chi connectivity index (χ1) is 8.90. The van der Waals surface area contributed by atoms with Crippen LogP contribution in [0.3, 0.4) is 0 Å². The van der Waals surface area contributed by atoms with Crippen LogP contribution in [0.15, 0.2) is 29.4 Å². The van der Waals surface area contributed by atoms with Gasteiger partial charge in [-0.15, -0.1) is 0 Å². The van der Waals surface area contributed by atoms with Crippen molar-refractivity contribution in [2.24, 2.45) is 7.05 Å². The van der Waals surface area contributed by atoms with Gasteiger partial charge in [-0.1, -0.05) is 11.6 Å². The zero-order valence-corrected chi connectivity index (χ0v) is 12.0. The summed E-state index contributed by atoms with van der Waals surface area (Å²) >= 11 is 5.68. The molecule has 0 aliphatic heterocycles. The highest BCUT2D eigenvalue weighted by Crippen LogP contribution is 2.13. The smallest absolute Gasteiger partial charge is 0.241 e. The van der Waals surface area contributed by atoms with E-state index >= 15 is 0 Å². The third-order valence-electron chi connectivity index (χ3n) is 2.80. The predicted octanol–water partition coefficient (Wildman–Crippen LogP) is 1.26. The summed E-state index contributed by atoms with van der Waals surface area (Å²) < 4.78 is 28.3. The van der Waals surface area contributed by atoms with Crippen LogP contribution in [-0.2, 0) is 23.6 Å². The lowest BCUT2D eigenvalue weighted by Gasteiger charge is -2.06. The van der Waals surface area contributed by atoms with Crippen LogP contribution < -0.4 is 4.72 Å². The number of rotatable bonds is 4. The molecule has 1 N–H and O–H groups in total. The average molecular weight is 301 g/mol. The van der Waals surface area contributed by atoms with Crippen molar-refractivity contribution < 1.29 is 8.42 Å². The summed E-state index contributed by atoms with van der Waals surface area (Å²) in [6.45, 7) is 2.06. The predicted molar refractivity (Wildman–Crippen MR) is 71.2 cm³/mol. The largest absolute Gasteiger partial charge is 0.273 e. The van der Waals surface area contributed by atoms with Crippen LogP contribution >= 0.6 is 11.6 Å². The number of pyridine rings is 1. The van der Waals surface area contributed by atoms with Crippen LogP contribution in [0.1, 0.15) is 11.3 Å². The van der Waals surface area contributed by atoms with Gasteiger partial charge in [0.05, 0.1) is 11.1 Å². The van der Waals surface area contributed by atoms with Crippen molar-refractivity contribution in [1.82, 2.24) is 19.5 Å². The molecule has 6 nitrogen and oxygen atoms in total. The molecule has 0 spiro atoms. The van der Waals surface area contributed by atoms with Crippen LogP contribution in [-0.4, -0.2) is 23.2 Å². The van der Waals surface area contributed by atoms with Gasteiger partial charge in [0, 0.05) is 31.0 Å². The Hall–Kier alpha value is -1.44. The fraction of sp³-hybridized carbons (Fsp3) is 0.273. The molecule has 0 fully saturated rings. The molecule has 0 unspecified atom stereocenters. The lowest BCUT2D eigenvalue weighted by atomic mass is 10.3. The molecule has 0 bridgehead atoms. The molecule has 2 aromatic rings. The lowest BCUT2D eigenvalue weighted by Crippen LogP contribution is -2.23. The van der Waals surface area contributed by atoms with Gasteiger partial charge in [0.1, 0.15) is 5.15 Å². The Labute approximate surface area is 116 Å². The molecule has 0 aliphatic carbocycles. The Morgan fingerprint density at radius 3 is 2.79 bits per heavy atom. The number of aryl methyl sites for hydroxylation is 1. The molecular formula is C11H13ClN4O2S. The van der Waals surface area contributed by atoms with Gasteiger partial charge in [-0.2, -0.15) is 5.10 Å². The Balaban J connectivity index is 2.17. The molecule has 19 heavy (non-hydrogen) atoms. The molecule has 2 rings (SSSR count). The number of nitrogens with one attached hydrogen (secondary N) is 1. The van der Waals surface area contributed by atoms with Crippen LogP contribution in [0.5, 0.6) is 0 Å². The van der Waals surface area contributed by atoms with E-state index < -0.39 is 10.0 Å². The van der Waals surface area contributed by atoms with Gasteiger partial charge in [0.15, 0.2) is 0 Å². The summed E-state index contributed by atoms with van der Waals surface area (Å²) in [6.07, 6.45) is 2.99. The van der Waals surface area contributed by atoms with Crippen molar-refractivity contribution in [2.45, 2.75) is 18.4 Å². The third kappa shape index (κ3) is 3.12. The second kappa shape index (κ2) is 5.28. The molecule has 2 heterocycles. The zero-order valence-electron chi connectivity index (χ0n) is 10.5. The first-order valence-corrected chi connectivity index (χ1v) is 7.35. The minimum absolute atomic E-state index is 0.0917. The van der Waals surface area contributed by atoms with Crippen LogP contribution in [0.4, 0.5) is 0 Å². The number of nitrogens with zero attached hydrogens (tertiary/aromatic N) is 3. The van der Waals surface area contributed by atoms with E-state index in [1.165, 1.54) is 18.3 Å². The highest BCUT2D eigenvalue weighted by molar-refractivity contribution is 7.89. The van der Waals surface area contributed by atoms with Crippen molar-refractivity contribution in [3.05, 3.63) is 40.9 Å². The highest BCUT2D eigenvalue weighted by Gasteiger charge is 2.15. The Morgan fingerprint density at radius 2 is 2.21 bits per heavy atom. The molecule has 0 atom stereocenters. The normalized spacial score (nSPS) is 11.7. The van der Waals surface area contributed by atoms with Gasteiger partial charge < -0.3 is 0 Å². The van der Waals surface area contributed by atoms with E-state index in [9.17, 15) is 8.42 Å². The Kier molecular flexibility index (Phi) is 3.88. The van der Waals surface area contributed by atoms with Crippen LogP contribution in [0, 0.1) is 6.92 Å². The average Bonchev–Trinajstić information content (AvgIpc) is 2.68. The van der Waals surface area contributed by atoms with E-state index in [1.54, 1.807) is 17.9 Å². The van der Waals surface area contributed by atoms with Crippen molar-refractivity contribution in [2.75, 3.05) is 0 Å². The second-order valence-corrected chi connectivity index (χ2v) is 6.17. The van der Waals surface area contributed by atoms with Gasteiger partial charge in [-0.25, -0.2) is 18.1 Å². The summed E-state index contributed by atoms with van der Waals surface area (Å²) in [5.41, 5.74) is 1.74. The Bertz CT molecular complexity index is 696. The number of aromatic nitrogens is 3. The standard InChI is InChI=1S/C11H13ClN4O2S/c1-8-9(6-14-16(8)2)7-15-19(17,18)10-3-4-13-11(12)5-10/h3-6,15H,7H2,1-2H3. The number of halogens is 1. The minimum Gasteiger partial charge on any atom is -0.273 e. The van der Waals surface area contributed by atoms with Crippen molar-refractivity contribution >= 4 is 21.6 Å². The summed E-state index contributed by atoms with van der Waals surface area (Å²) in [4.78, 5) is 3.84. The lowest BCUT2D eigenvalue weighted by molar-refractivity contribution is 0.581. The van der Waals surface area contributed by atoms with Gasteiger partial charge in [0.25, 0.3) is 0 Å². The fourth-order valence-electron chi connectivity index (χ4n) is 1.53. The quantitative estimate of drug-likeness (QED) is 0.862. The first-order valence-electron chi connectivity index (χ1n) is 5.49. The van der Waals surface area contributed by atoms with E-state index in [4.69, 9.17) is 11.6 Å². The topological polar surface area (TPSA) is 76.9 Å². The van der Waals surface area contributed by atoms with Crippen molar-refractivity contribution in [3.8, 4) is 0 Å². The van der Waals surface area contributed by atoms with Gasteiger partial charge in [-0.05, 0) is 19.1 Å². The van der Waals surface area contributed by atoms with Crippen LogP contribution in [0.2, 0.25) is 5.15 Å². The monoisotopic (exact) mass is 300 g/mol. The molecule has 0 saturated carbocycles. The van der Waals surface area contributed by atoms with E-state index in [0.29, 0.717) is 0 Å². The summed E-state index contributed by atoms with van der Waals surface area (Å²) in [7, 11) is -1.80. The molecule has 2 aromatic heterocycles. The van der Waals surface area contributed by atoms with Crippen molar-refractivity contribution in [3.63, 3.8) is 0 Å². The van der Waals surface area contributed by atoms with Crippen LogP contribution in [0.25, 0.3) is 0 Å². The Morgan fingerprint density at radius 1 is 1.47 bits per heavy atom. The number of hydrogen-bond acceptors (Lipinski definition) is 4. The maximum Gasteiger partial charge on any atom is 0.241 e. The molecule has 0 aromatic carbocycles. The molecule has 0 radical (unpaired) electrons. The van der Waals surface area contributed by atoms with E-state index in [1.807, 2.05) is 6.92 Å². The molecule has 0 aliphatic rings. The van der Waals surface area contributed by atoms with Gasteiger partial charge in [0.2, 0.25) is 10.0 Å².